The Balaban J connectivity index is 2.29. The summed E-state index contributed by atoms with van der Waals surface area (Å²) in [5, 5.41) is 0. The van der Waals surface area contributed by atoms with Crippen molar-refractivity contribution >= 4 is 38.0 Å². The van der Waals surface area contributed by atoms with E-state index in [1.165, 1.54) is 6.07 Å². The molecule has 1 N–H and O–H groups in total. The van der Waals surface area contributed by atoms with E-state index in [0.29, 0.717) is 17.3 Å². The van der Waals surface area contributed by atoms with Gasteiger partial charge in [0.1, 0.15) is 6.10 Å². The average Bonchev–Trinajstić information content (AvgIpc) is 2.83. The first kappa shape index (κ1) is 15.3. The lowest BCUT2D eigenvalue weighted by Gasteiger charge is -2.21. The van der Waals surface area contributed by atoms with Crippen LogP contribution in [0.25, 0.3) is 0 Å². The number of hydrogen-bond donors (Lipinski definition) is 1. The number of nitrogens with zero attached hydrogens (tertiary/aromatic N) is 1. The summed E-state index contributed by atoms with van der Waals surface area (Å²) in [4.78, 5) is 12.0. The molecule has 20 heavy (non-hydrogen) atoms. The van der Waals surface area contributed by atoms with E-state index >= 15 is 0 Å². The fourth-order valence-electron chi connectivity index (χ4n) is 2.13. The van der Waals surface area contributed by atoms with E-state index in [1.807, 2.05) is 0 Å². The Morgan fingerprint density at radius 3 is 2.45 bits per heavy atom. The molecule has 0 saturated heterocycles. The van der Waals surface area contributed by atoms with Gasteiger partial charge in [0.05, 0.1) is 5.69 Å². The first-order chi connectivity index (χ1) is 9.39. The number of hydrogen-bond acceptors (Lipinski definition) is 4. The van der Waals surface area contributed by atoms with Crippen LogP contribution in [0.15, 0.2) is 28.7 Å². The second kappa shape index (κ2) is 6.11. The maximum atomic E-state index is 12.0. The van der Waals surface area contributed by atoms with Gasteiger partial charge in [0.15, 0.2) is 0 Å². The van der Waals surface area contributed by atoms with Crippen LogP contribution < -0.4 is 4.31 Å². The summed E-state index contributed by atoms with van der Waals surface area (Å²) in [5.74, 6) is 0. The lowest BCUT2D eigenvalue weighted by molar-refractivity contribution is 0.111. The monoisotopic (exact) mass is 363 g/mol. The molecule has 0 radical (unpaired) electrons. The summed E-state index contributed by atoms with van der Waals surface area (Å²) in [5.41, 5.74) is 0.0120. The van der Waals surface area contributed by atoms with Crippen LogP contribution in [0.3, 0.4) is 0 Å². The molecule has 1 aliphatic rings. The average molecular weight is 364 g/mol. The number of ether oxygens (including phenoxy) is 1. The van der Waals surface area contributed by atoms with E-state index < -0.39 is 16.4 Å². The number of halogens is 1. The Hall–Kier alpha value is -1.12. The summed E-state index contributed by atoms with van der Waals surface area (Å²) in [6, 6.07) is 6.18. The zero-order valence-electron chi connectivity index (χ0n) is 10.5. The molecule has 1 aliphatic carbocycles. The summed E-state index contributed by atoms with van der Waals surface area (Å²) in [6.07, 6.45) is 1.92. The number of para-hydroxylation sites is 1. The minimum Gasteiger partial charge on any atom is -0.445 e. The van der Waals surface area contributed by atoms with Gasteiger partial charge in [0.25, 0.3) is 0 Å². The third-order valence-corrected chi connectivity index (χ3v) is 4.52. The topological polar surface area (TPSA) is 83.9 Å². The molecule has 0 aromatic heterocycles. The number of carbonyl (C=O) groups excluding carboxylic acids is 1. The largest absolute Gasteiger partial charge is 0.445 e. The maximum Gasteiger partial charge on any atom is 0.430 e. The summed E-state index contributed by atoms with van der Waals surface area (Å²) >= 11 is 3.15. The molecule has 0 spiro atoms. The molecule has 2 rings (SSSR count). The first-order valence-corrected chi connectivity index (χ1v) is 8.31. The molecule has 1 aromatic carbocycles. The first-order valence-electron chi connectivity index (χ1n) is 6.12. The molecule has 0 atom stereocenters. The van der Waals surface area contributed by atoms with Crippen LogP contribution in [0.2, 0.25) is 0 Å². The predicted octanol–water partition coefficient (Wildman–Crippen LogP) is 3.14. The molecule has 1 aromatic rings. The molecule has 1 saturated carbocycles. The molecular weight excluding hydrogens is 350 g/mol. The molecule has 0 heterocycles. The standard InChI is InChI=1S/C12H14BrNO5S/c13-10-7-3-4-8-11(10)14(20(16,17)18)12(15)19-9-5-1-2-6-9/h3-4,7-9H,1-2,5-6H2,(H,16,17,18). The second-order valence-electron chi connectivity index (χ2n) is 4.48. The van der Waals surface area contributed by atoms with Crippen LogP contribution in [-0.4, -0.2) is 25.2 Å². The molecule has 110 valence electrons. The van der Waals surface area contributed by atoms with Crippen LogP contribution in [0, 0.1) is 0 Å². The Kier molecular flexibility index (Phi) is 4.66. The van der Waals surface area contributed by atoms with Crippen molar-refractivity contribution in [3.63, 3.8) is 0 Å². The van der Waals surface area contributed by atoms with E-state index in [1.54, 1.807) is 18.2 Å². The van der Waals surface area contributed by atoms with Gasteiger partial charge in [-0.15, -0.1) is 4.31 Å². The molecule has 0 unspecified atom stereocenters. The lowest BCUT2D eigenvalue weighted by atomic mass is 10.3. The predicted molar refractivity (Wildman–Crippen MR) is 76.9 cm³/mol. The van der Waals surface area contributed by atoms with Crippen molar-refractivity contribution in [2.75, 3.05) is 4.31 Å². The van der Waals surface area contributed by atoms with Crippen molar-refractivity contribution in [3.8, 4) is 0 Å². The third kappa shape index (κ3) is 3.50. The van der Waals surface area contributed by atoms with Crippen molar-refractivity contribution < 1.29 is 22.5 Å². The quantitative estimate of drug-likeness (QED) is 0.833. The minimum absolute atomic E-state index is 0.0120. The Morgan fingerprint density at radius 1 is 1.30 bits per heavy atom. The lowest BCUT2D eigenvalue weighted by Crippen LogP contribution is -2.38. The van der Waals surface area contributed by atoms with Crippen molar-refractivity contribution in [3.05, 3.63) is 28.7 Å². The van der Waals surface area contributed by atoms with E-state index in [4.69, 9.17) is 4.74 Å². The normalized spacial score (nSPS) is 16.1. The third-order valence-electron chi connectivity index (χ3n) is 3.04. The Bertz CT molecular complexity index is 598. The van der Waals surface area contributed by atoms with Gasteiger partial charge < -0.3 is 4.74 Å². The highest BCUT2D eigenvalue weighted by atomic mass is 79.9. The van der Waals surface area contributed by atoms with Crippen LogP contribution >= 0.6 is 15.9 Å². The highest BCUT2D eigenvalue weighted by Gasteiger charge is 2.32. The van der Waals surface area contributed by atoms with Gasteiger partial charge in [-0.25, -0.2) is 4.79 Å². The maximum absolute atomic E-state index is 12.0. The summed E-state index contributed by atoms with van der Waals surface area (Å²) < 4.78 is 38.0. The molecular formula is C12H14BrNO5S. The van der Waals surface area contributed by atoms with E-state index in [2.05, 4.69) is 15.9 Å². The van der Waals surface area contributed by atoms with Crippen LogP contribution in [-0.2, 0) is 15.0 Å². The Labute approximate surface area is 125 Å². The zero-order valence-corrected chi connectivity index (χ0v) is 12.9. The van der Waals surface area contributed by atoms with Gasteiger partial charge in [-0.1, -0.05) is 12.1 Å². The highest BCUT2D eigenvalue weighted by Crippen LogP contribution is 2.29. The minimum atomic E-state index is -4.75. The molecule has 0 aliphatic heterocycles. The number of carbonyl (C=O) groups is 1. The number of benzene rings is 1. The summed E-state index contributed by atoms with van der Waals surface area (Å²) in [7, 11) is -4.75. The van der Waals surface area contributed by atoms with Crippen LogP contribution in [0.5, 0.6) is 0 Å². The van der Waals surface area contributed by atoms with Crippen molar-refractivity contribution in [2.24, 2.45) is 0 Å². The van der Waals surface area contributed by atoms with Gasteiger partial charge >= 0.3 is 16.4 Å². The molecule has 8 heteroatoms. The Morgan fingerprint density at radius 2 is 1.90 bits per heavy atom. The molecule has 0 bridgehead atoms. The van der Waals surface area contributed by atoms with Crippen molar-refractivity contribution in [1.82, 2.24) is 0 Å². The van der Waals surface area contributed by atoms with Crippen LogP contribution in [0.1, 0.15) is 25.7 Å². The second-order valence-corrected chi connectivity index (χ2v) is 6.60. The smallest absolute Gasteiger partial charge is 0.430 e. The molecule has 1 amide bonds. The summed E-state index contributed by atoms with van der Waals surface area (Å²) in [6.45, 7) is 0. The SMILES string of the molecule is O=C(OC1CCCC1)N(c1ccccc1Br)S(=O)(=O)O. The van der Waals surface area contributed by atoms with E-state index in [0.717, 1.165) is 12.8 Å². The van der Waals surface area contributed by atoms with Crippen molar-refractivity contribution in [1.29, 1.82) is 0 Å². The van der Waals surface area contributed by atoms with E-state index in [-0.39, 0.29) is 16.1 Å². The molecule has 6 nitrogen and oxygen atoms in total. The van der Waals surface area contributed by atoms with Gasteiger partial charge in [-0.3, -0.25) is 4.55 Å². The fraction of sp³-hybridized carbons (Fsp3) is 0.417. The number of amides is 1. The van der Waals surface area contributed by atoms with Gasteiger partial charge in [-0.05, 0) is 53.7 Å². The number of rotatable bonds is 3. The van der Waals surface area contributed by atoms with Crippen LogP contribution in [0.4, 0.5) is 10.5 Å². The zero-order chi connectivity index (χ0) is 14.8. The highest BCUT2D eigenvalue weighted by molar-refractivity contribution is 9.10. The van der Waals surface area contributed by atoms with Gasteiger partial charge in [-0.2, -0.15) is 8.42 Å². The van der Waals surface area contributed by atoms with Crippen molar-refractivity contribution in [2.45, 2.75) is 31.8 Å². The van der Waals surface area contributed by atoms with Gasteiger partial charge in [0, 0.05) is 4.47 Å². The van der Waals surface area contributed by atoms with Gasteiger partial charge in [0.2, 0.25) is 0 Å². The number of anilines is 1. The van der Waals surface area contributed by atoms with E-state index in [9.17, 15) is 17.8 Å². The molecule has 1 fully saturated rings. The fourth-order valence-corrected chi connectivity index (χ4v) is 3.35.